The van der Waals surface area contributed by atoms with Crippen molar-refractivity contribution in [2.75, 3.05) is 0 Å². The highest BCUT2D eigenvalue weighted by molar-refractivity contribution is 5.39. The van der Waals surface area contributed by atoms with Crippen LogP contribution in [-0.2, 0) is 11.8 Å². The molecule has 0 nitrogen and oxygen atoms in total. The fourth-order valence-electron chi connectivity index (χ4n) is 3.81. The van der Waals surface area contributed by atoms with Crippen LogP contribution in [0.5, 0.6) is 0 Å². The Labute approximate surface area is 118 Å². The van der Waals surface area contributed by atoms with Gasteiger partial charge in [0.25, 0.3) is 0 Å². The van der Waals surface area contributed by atoms with Gasteiger partial charge in [-0.3, -0.25) is 0 Å². The second-order valence-electron chi connectivity index (χ2n) is 5.97. The van der Waals surface area contributed by atoms with Gasteiger partial charge in [0.2, 0.25) is 0 Å². The van der Waals surface area contributed by atoms with Crippen molar-refractivity contribution in [3.05, 3.63) is 35.1 Å². The number of fused-ring (bicyclic) bond motifs is 1. The van der Waals surface area contributed by atoms with Crippen molar-refractivity contribution < 1.29 is 4.39 Å². The van der Waals surface area contributed by atoms with E-state index in [2.05, 4.69) is 33.8 Å². The van der Waals surface area contributed by atoms with Crippen molar-refractivity contribution >= 4 is 0 Å². The maximum absolute atomic E-state index is 13.9. The first-order valence-electron chi connectivity index (χ1n) is 7.78. The number of halogens is 1. The summed E-state index contributed by atoms with van der Waals surface area (Å²) in [4.78, 5) is 0. The molecular formula is C18H29F. The zero-order valence-electron chi connectivity index (χ0n) is 13.4. The average molecular weight is 264 g/mol. The van der Waals surface area contributed by atoms with Gasteiger partial charge < -0.3 is 0 Å². The van der Waals surface area contributed by atoms with Gasteiger partial charge >= 0.3 is 0 Å². The Morgan fingerprint density at radius 3 is 2.16 bits per heavy atom. The molecule has 0 aromatic heterocycles. The van der Waals surface area contributed by atoms with Gasteiger partial charge in [-0.25, -0.2) is 4.39 Å². The van der Waals surface area contributed by atoms with Crippen molar-refractivity contribution in [2.45, 2.75) is 66.2 Å². The maximum atomic E-state index is 13.9. The van der Waals surface area contributed by atoms with Gasteiger partial charge in [-0.15, -0.1) is 0 Å². The first-order valence-corrected chi connectivity index (χ1v) is 7.78. The second kappa shape index (κ2) is 6.54. The van der Waals surface area contributed by atoms with Gasteiger partial charge in [-0.2, -0.15) is 0 Å². The molecule has 0 bridgehead atoms. The lowest BCUT2D eigenvalue weighted by molar-refractivity contribution is 0.184. The Bertz CT molecular complexity index is 396. The summed E-state index contributed by atoms with van der Waals surface area (Å²) >= 11 is 0. The van der Waals surface area contributed by atoms with Crippen LogP contribution in [0, 0.1) is 17.7 Å². The molecule has 1 aliphatic carbocycles. The molecule has 1 aliphatic rings. The van der Waals surface area contributed by atoms with Gasteiger partial charge in [0, 0.05) is 5.41 Å². The topological polar surface area (TPSA) is 0 Å². The molecule has 108 valence electrons. The van der Waals surface area contributed by atoms with E-state index in [0.717, 1.165) is 18.4 Å². The number of hydrogen-bond acceptors (Lipinski definition) is 0. The molecule has 0 heterocycles. The molecule has 0 saturated carbocycles. The van der Waals surface area contributed by atoms with Crippen LogP contribution in [0.1, 0.15) is 65.5 Å². The molecular weight excluding hydrogens is 235 g/mol. The smallest absolute Gasteiger partial charge is 0.126 e. The standard InChI is InChI=1S/C16H23F.C2H6/c1-11(2)16(12(3)4)10-6-7-13-14(16)8-5-9-15(13)17;1-2/h5,8-9,11-12H,6-7,10H2,1-4H3;1-2H3. The molecule has 19 heavy (non-hydrogen) atoms. The largest absolute Gasteiger partial charge is 0.207 e. The number of benzene rings is 1. The quantitative estimate of drug-likeness (QED) is 0.639. The Morgan fingerprint density at radius 2 is 1.63 bits per heavy atom. The van der Waals surface area contributed by atoms with Crippen LogP contribution in [0.15, 0.2) is 18.2 Å². The van der Waals surface area contributed by atoms with Crippen LogP contribution in [0.25, 0.3) is 0 Å². The number of rotatable bonds is 2. The lowest BCUT2D eigenvalue weighted by Gasteiger charge is -2.46. The predicted molar refractivity (Wildman–Crippen MR) is 82.0 cm³/mol. The van der Waals surface area contributed by atoms with E-state index in [1.54, 1.807) is 6.07 Å². The van der Waals surface area contributed by atoms with Crippen molar-refractivity contribution in [2.24, 2.45) is 11.8 Å². The number of hydrogen-bond donors (Lipinski definition) is 0. The molecule has 0 aliphatic heterocycles. The summed E-state index contributed by atoms with van der Waals surface area (Å²) in [6, 6.07) is 5.63. The highest BCUT2D eigenvalue weighted by atomic mass is 19.1. The normalized spacial score (nSPS) is 16.9. The molecule has 0 unspecified atom stereocenters. The summed E-state index contributed by atoms with van der Waals surface area (Å²) < 4.78 is 13.9. The molecule has 2 rings (SSSR count). The summed E-state index contributed by atoms with van der Waals surface area (Å²) in [6.45, 7) is 13.1. The molecule has 0 amide bonds. The highest BCUT2D eigenvalue weighted by Crippen LogP contribution is 2.48. The van der Waals surface area contributed by atoms with E-state index in [1.807, 2.05) is 19.9 Å². The van der Waals surface area contributed by atoms with Gasteiger partial charge in [0.15, 0.2) is 0 Å². The van der Waals surface area contributed by atoms with E-state index in [1.165, 1.54) is 12.0 Å². The fourth-order valence-corrected chi connectivity index (χ4v) is 3.81. The summed E-state index contributed by atoms with van der Waals surface area (Å²) in [7, 11) is 0. The van der Waals surface area contributed by atoms with E-state index >= 15 is 0 Å². The third-order valence-corrected chi connectivity index (χ3v) is 4.70. The fraction of sp³-hybridized carbons (Fsp3) is 0.667. The van der Waals surface area contributed by atoms with Crippen molar-refractivity contribution in [3.63, 3.8) is 0 Å². The third kappa shape index (κ3) is 2.70. The van der Waals surface area contributed by atoms with Crippen molar-refractivity contribution in [3.8, 4) is 0 Å². The minimum Gasteiger partial charge on any atom is -0.207 e. The molecule has 0 spiro atoms. The minimum absolute atomic E-state index is 0.00660. The SMILES string of the molecule is CC.CC(C)C1(C(C)C)CCCc2c(F)cccc21. The second-order valence-corrected chi connectivity index (χ2v) is 5.97. The van der Waals surface area contributed by atoms with Gasteiger partial charge in [-0.1, -0.05) is 53.7 Å². The van der Waals surface area contributed by atoms with E-state index in [0.29, 0.717) is 11.8 Å². The Morgan fingerprint density at radius 1 is 1.05 bits per heavy atom. The van der Waals surface area contributed by atoms with E-state index in [4.69, 9.17) is 0 Å². The Balaban J connectivity index is 0.000000861. The average Bonchev–Trinajstić information content (AvgIpc) is 2.40. The zero-order valence-corrected chi connectivity index (χ0v) is 13.4. The molecule has 1 aromatic carbocycles. The van der Waals surface area contributed by atoms with Crippen molar-refractivity contribution in [1.82, 2.24) is 0 Å². The van der Waals surface area contributed by atoms with Crippen LogP contribution in [-0.4, -0.2) is 0 Å². The zero-order chi connectivity index (χ0) is 14.6. The summed E-state index contributed by atoms with van der Waals surface area (Å²) in [5.41, 5.74) is 2.41. The summed E-state index contributed by atoms with van der Waals surface area (Å²) in [5.74, 6) is 1.11. The molecule has 0 radical (unpaired) electrons. The third-order valence-electron chi connectivity index (χ3n) is 4.70. The van der Waals surface area contributed by atoms with Gasteiger partial charge in [0.1, 0.15) is 5.82 Å². The molecule has 0 atom stereocenters. The Kier molecular flexibility index (Phi) is 5.58. The molecule has 0 fully saturated rings. The van der Waals surface area contributed by atoms with E-state index < -0.39 is 0 Å². The van der Waals surface area contributed by atoms with Crippen LogP contribution in [0.4, 0.5) is 4.39 Å². The monoisotopic (exact) mass is 264 g/mol. The molecule has 0 N–H and O–H groups in total. The van der Waals surface area contributed by atoms with Crippen LogP contribution < -0.4 is 0 Å². The highest BCUT2D eigenvalue weighted by Gasteiger charge is 2.42. The van der Waals surface area contributed by atoms with E-state index in [-0.39, 0.29) is 11.2 Å². The maximum Gasteiger partial charge on any atom is 0.126 e. The first kappa shape index (κ1) is 16.2. The summed E-state index contributed by atoms with van der Waals surface area (Å²) in [6.07, 6.45) is 3.21. The van der Waals surface area contributed by atoms with Gasteiger partial charge in [0.05, 0.1) is 0 Å². The predicted octanol–water partition coefficient (Wildman–Crippen LogP) is 5.74. The lowest BCUT2D eigenvalue weighted by Crippen LogP contribution is -2.41. The minimum atomic E-state index is -0.00660. The van der Waals surface area contributed by atoms with Crippen LogP contribution >= 0.6 is 0 Å². The molecule has 0 saturated heterocycles. The van der Waals surface area contributed by atoms with Crippen molar-refractivity contribution in [1.29, 1.82) is 0 Å². The summed E-state index contributed by atoms with van der Waals surface area (Å²) in [5, 5.41) is 0. The van der Waals surface area contributed by atoms with Crippen LogP contribution in [0.2, 0.25) is 0 Å². The lowest BCUT2D eigenvalue weighted by atomic mass is 9.58. The Hall–Kier alpha value is -0.850. The molecule has 1 heteroatoms. The first-order chi connectivity index (χ1) is 9.00. The van der Waals surface area contributed by atoms with Crippen LogP contribution in [0.3, 0.4) is 0 Å². The van der Waals surface area contributed by atoms with Gasteiger partial charge in [-0.05, 0) is 48.3 Å². The molecule has 1 aromatic rings. The van der Waals surface area contributed by atoms with E-state index in [9.17, 15) is 4.39 Å².